The molecule has 0 bridgehead atoms. The predicted molar refractivity (Wildman–Crippen MR) is 78.6 cm³/mol. The molecule has 1 aromatic carbocycles. The average Bonchev–Trinajstić information content (AvgIpc) is 2.42. The van der Waals surface area contributed by atoms with Crippen molar-refractivity contribution < 1.29 is 9.59 Å². The molecule has 1 atom stereocenters. The topological polar surface area (TPSA) is 63.4 Å². The Morgan fingerprint density at radius 1 is 1.32 bits per heavy atom. The van der Waals surface area contributed by atoms with E-state index in [1.807, 2.05) is 43.5 Å². The molecule has 4 nitrogen and oxygen atoms in total. The molecule has 5 heteroatoms. The number of carbonyl (C=O) groups is 2. The quantitative estimate of drug-likeness (QED) is 0.826. The molecular formula is C14H20N2O2S. The number of rotatable bonds is 7. The number of carbonyl (C=O) groups excluding carboxylic acids is 2. The Labute approximate surface area is 118 Å². The van der Waals surface area contributed by atoms with Gasteiger partial charge in [-0.05, 0) is 18.7 Å². The van der Waals surface area contributed by atoms with Crippen molar-refractivity contribution in [2.24, 2.45) is 5.73 Å². The molecule has 2 amide bonds. The largest absolute Gasteiger partial charge is 0.370 e. The highest BCUT2D eigenvalue weighted by atomic mass is 32.2. The van der Waals surface area contributed by atoms with E-state index in [1.54, 1.807) is 4.90 Å². The third-order valence-corrected chi connectivity index (χ3v) is 3.77. The SMILES string of the molecule is CSC(C)C(=O)N(CCC(N)=O)Cc1ccccc1. The molecule has 0 saturated heterocycles. The lowest BCUT2D eigenvalue weighted by molar-refractivity contribution is -0.131. The van der Waals surface area contributed by atoms with E-state index in [2.05, 4.69) is 0 Å². The maximum atomic E-state index is 12.2. The molecule has 1 aromatic rings. The first-order chi connectivity index (χ1) is 9.04. The van der Waals surface area contributed by atoms with E-state index in [0.29, 0.717) is 13.1 Å². The van der Waals surface area contributed by atoms with E-state index in [4.69, 9.17) is 5.73 Å². The Hall–Kier alpha value is -1.49. The van der Waals surface area contributed by atoms with Gasteiger partial charge in [-0.15, -0.1) is 0 Å². The third-order valence-electron chi connectivity index (χ3n) is 2.86. The summed E-state index contributed by atoms with van der Waals surface area (Å²) < 4.78 is 0. The summed E-state index contributed by atoms with van der Waals surface area (Å²) in [5.74, 6) is -0.347. The molecule has 0 radical (unpaired) electrons. The van der Waals surface area contributed by atoms with Crippen LogP contribution in [0.1, 0.15) is 18.9 Å². The van der Waals surface area contributed by atoms with Gasteiger partial charge < -0.3 is 10.6 Å². The molecule has 0 fully saturated rings. The third kappa shape index (κ3) is 5.34. The molecule has 104 valence electrons. The van der Waals surface area contributed by atoms with Gasteiger partial charge in [-0.3, -0.25) is 9.59 Å². The van der Waals surface area contributed by atoms with Crippen LogP contribution >= 0.6 is 11.8 Å². The van der Waals surface area contributed by atoms with Crippen LogP contribution in [0.4, 0.5) is 0 Å². The minimum atomic E-state index is -0.386. The van der Waals surface area contributed by atoms with Crippen molar-refractivity contribution in [3.05, 3.63) is 35.9 Å². The van der Waals surface area contributed by atoms with E-state index in [1.165, 1.54) is 11.8 Å². The fourth-order valence-corrected chi connectivity index (χ4v) is 2.02. The van der Waals surface area contributed by atoms with Crippen LogP contribution in [0.2, 0.25) is 0 Å². The summed E-state index contributed by atoms with van der Waals surface area (Å²) in [7, 11) is 0. The van der Waals surface area contributed by atoms with Crippen molar-refractivity contribution in [2.45, 2.75) is 25.1 Å². The lowest BCUT2D eigenvalue weighted by Crippen LogP contribution is -2.38. The summed E-state index contributed by atoms with van der Waals surface area (Å²) >= 11 is 1.50. The number of primary amides is 1. The van der Waals surface area contributed by atoms with Crippen LogP contribution in [0, 0.1) is 0 Å². The van der Waals surface area contributed by atoms with Crippen LogP contribution in [-0.4, -0.2) is 34.8 Å². The van der Waals surface area contributed by atoms with Crippen LogP contribution in [-0.2, 0) is 16.1 Å². The van der Waals surface area contributed by atoms with E-state index >= 15 is 0 Å². The number of hydrogen-bond acceptors (Lipinski definition) is 3. The summed E-state index contributed by atoms with van der Waals surface area (Å²) in [5.41, 5.74) is 6.21. The Morgan fingerprint density at radius 2 is 1.95 bits per heavy atom. The van der Waals surface area contributed by atoms with Crippen molar-refractivity contribution >= 4 is 23.6 Å². The van der Waals surface area contributed by atoms with Gasteiger partial charge in [-0.25, -0.2) is 0 Å². The number of nitrogens with zero attached hydrogens (tertiary/aromatic N) is 1. The van der Waals surface area contributed by atoms with Crippen LogP contribution < -0.4 is 5.73 Å². The van der Waals surface area contributed by atoms with Gasteiger partial charge >= 0.3 is 0 Å². The van der Waals surface area contributed by atoms with Crippen LogP contribution in [0.15, 0.2) is 30.3 Å². The zero-order valence-corrected chi connectivity index (χ0v) is 12.2. The summed E-state index contributed by atoms with van der Waals surface area (Å²) in [6.45, 7) is 2.75. The molecule has 0 aliphatic heterocycles. The monoisotopic (exact) mass is 280 g/mol. The smallest absolute Gasteiger partial charge is 0.235 e. The highest BCUT2D eigenvalue weighted by Crippen LogP contribution is 2.13. The van der Waals surface area contributed by atoms with Crippen LogP contribution in [0.5, 0.6) is 0 Å². The molecule has 1 unspecified atom stereocenters. The second kappa shape index (κ2) is 7.84. The van der Waals surface area contributed by atoms with Crippen LogP contribution in [0.3, 0.4) is 0 Å². The molecule has 0 aromatic heterocycles. The second-order valence-corrected chi connectivity index (χ2v) is 5.52. The Bertz CT molecular complexity index is 423. The van der Waals surface area contributed by atoms with Crippen LogP contribution in [0.25, 0.3) is 0 Å². The Morgan fingerprint density at radius 3 is 2.47 bits per heavy atom. The fraction of sp³-hybridized carbons (Fsp3) is 0.429. The average molecular weight is 280 g/mol. The zero-order valence-electron chi connectivity index (χ0n) is 11.3. The summed E-state index contributed by atoms with van der Waals surface area (Å²) in [6, 6.07) is 9.74. The first-order valence-corrected chi connectivity index (χ1v) is 7.47. The highest BCUT2D eigenvalue weighted by molar-refractivity contribution is 7.99. The molecule has 0 heterocycles. The maximum Gasteiger partial charge on any atom is 0.235 e. The molecule has 2 N–H and O–H groups in total. The zero-order chi connectivity index (χ0) is 14.3. The van der Waals surface area contributed by atoms with Gasteiger partial charge in [0, 0.05) is 19.5 Å². The second-order valence-electron chi connectivity index (χ2n) is 4.34. The molecule has 0 spiro atoms. The van der Waals surface area contributed by atoms with Crippen molar-refractivity contribution in [1.29, 1.82) is 0 Å². The summed E-state index contributed by atoms with van der Waals surface area (Å²) in [6.07, 6.45) is 2.09. The maximum absolute atomic E-state index is 12.2. The fourth-order valence-electron chi connectivity index (χ4n) is 1.67. The number of nitrogens with two attached hydrogens (primary N) is 1. The van der Waals surface area contributed by atoms with Gasteiger partial charge in [0.1, 0.15) is 0 Å². The first-order valence-electron chi connectivity index (χ1n) is 6.18. The molecule has 19 heavy (non-hydrogen) atoms. The molecule has 0 saturated carbocycles. The van der Waals surface area contributed by atoms with E-state index in [9.17, 15) is 9.59 Å². The van der Waals surface area contributed by atoms with Gasteiger partial charge in [0.05, 0.1) is 5.25 Å². The minimum Gasteiger partial charge on any atom is -0.370 e. The molecule has 0 aliphatic rings. The van der Waals surface area contributed by atoms with Gasteiger partial charge in [0.25, 0.3) is 0 Å². The number of hydrogen-bond donors (Lipinski definition) is 1. The number of amides is 2. The van der Waals surface area contributed by atoms with Crippen molar-refractivity contribution in [3.8, 4) is 0 Å². The van der Waals surface area contributed by atoms with Gasteiger partial charge in [0.15, 0.2) is 0 Å². The van der Waals surface area contributed by atoms with Crippen molar-refractivity contribution in [2.75, 3.05) is 12.8 Å². The van der Waals surface area contributed by atoms with Gasteiger partial charge in [-0.1, -0.05) is 30.3 Å². The lowest BCUT2D eigenvalue weighted by atomic mass is 10.2. The number of thioether (sulfide) groups is 1. The first kappa shape index (κ1) is 15.6. The molecule has 1 rings (SSSR count). The summed E-state index contributed by atoms with van der Waals surface area (Å²) in [5, 5.41) is -0.114. The minimum absolute atomic E-state index is 0.0394. The van der Waals surface area contributed by atoms with E-state index < -0.39 is 0 Å². The summed E-state index contributed by atoms with van der Waals surface area (Å²) in [4.78, 5) is 24.8. The van der Waals surface area contributed by atoms with Crippen molar-refractivity contribution in [1.82, 2.24) is 4.90 Å². The lowest BCUT2D eigenvalue weighted by Gasteiger charge is -2.25. The Balaban J connectivity index is 2.74. The standard InChI is InChI=1S/C14H20N2O2S/c1-11(19-2)14(18)16(9-8-13(15)17)10-12-6-4-3-5-7-12/h3-7,11H,8-10H2,1-2H3,(H2,15,17). The normalized spacial score (nSPS) is 11.9. The van der Waals surface area contributed by atoms with Gasteiger partial charge in [0.2, 0.25) is 11.8 Å². The highest BCUT2D eigenvalue weighted by Gasteiger charge is 2.20. The van der Waals surface area contributed by atoms with E-state index in [0.717, 1.165) is 5.56 Å². The predicted octanol–water partition coefficient (Wildman–Crippen LogP) is 1.64. The molecular weight excluding hydrogens is 260 g/mol. The Kier molecular flexibility index (Phi) is 6.42. The molecule has 0 aliphatic carbocycles. The number of benzene rings is 1. The van der Waals surface area contributed by atoms with Gasteiger partial charge in [-0.2, -0.15) is 11.8 Å². The van der Waals surface area contributed by atoms with E-state index in [-0.39, 0.29) is 23.5 Å². The van der Waals surface area contributed by atoms with Crippen molar-refractivity contribution in [3.63, 3.8) is 0 Å².